The second-order valence-electron chi connectivity index (χ2n) is 4.54. The van der Waals surface area contributed by atoms with E-state index in [0.29, 0.717) is 17.5 Å². The van der Waals surface area contributed by atoms with Crippen LogP contribution in [0.5, 0.6) is 0 Å². The number of rotatable bonds is 4. The van der Waals surface area contributed by atoms with Crippen LogP contribution in [0.1, 0.15) is 5.82 Å². The molecular formula is C14H10N6O2. The zero-order valence-corrected chi connectivity index (χ0v) is 11.3. The van der Waals surface area contributed by atoms with E-state index in [-0.39, 0.29) is 6.54 Å². The Hall–Kier alpha value is -3.29. The molecule has 0 atom stereocenters. The summed E-state index contributed by atoms with van der Waals surface area (Å²) in [4.78, 5) is 5.69. The normalized spacial score (nSPS) is 10.9. The molecule has 22 heavy (non-hydrogen) atoms. The van der Waals surface area contributed by atoms with Crippen molar-refractivity contribution < 1.29 is 8.94 Å². The van der Waals surface area contributed by atoms with Crippen molar-refractivity contribution in [3.05, 3.63) is 54.7 Å². The molecule has 0 amide bonds. The first-order valence-electron chi connectivity index (χ1n) is 6.57. The SMILES string of the molecule is c1ccc(-c2nnn(Cc3noc(-c4ccoc4)n3)n2)cc1. The Kier molecular flexibility index (Phi) is 2.97. The van der Waals surface area contributed by atoms with Crippen LogP contribution in [0.3, 0.4) is 0 Å². The highest BCUT2D eigenvalue weighted by Gasteiger charge is 2.12. The van der Waals surface area contributed by atoms with Crippen LogP contribution < -0.4 is 0 Å². The van der Waals surface area contributed by atoms with Gasteiger partial charge in [0.15, 0.2) is 5.82 Å². The standard InChI is InChI=1S/C14H10N6O2/c1-2-4-10(5-3-1)13-16-19-20(17-13)8-12-15-14(22-18-12)11-6-7-21-9-11/h1-7,9H,8H2. The minimum absolute atomic E-state index is 0.279. The second-order valence-corrected chi connectivity index (χ2v) is 4.54. The van der Waals surface area contributed by atoms with E-state index < -0.39 is 0 Å². The van der Waals surface area contributed by atoms with E-state index in [9.17, 15) is 0 Å². The highest BCUT2D eigenvalue weighted by atomic mass is 16.5. The molecule has 3 heterocycles. The zero-order valence-electron chi connectivity index (χ0n) is 11.3. The molecule has 4 rings (SSSR count). The zero-order chi connectivity index (χ0) is 14.8. The largest absolute Gasteiger partial charge is 0.472 e. The second kappa shape index (κ2) is 5.24. The molecule has 0 spiro atoms. The van der Waals surface area contributed by atoms with E-state index in [1.807, 2.05) is 30.3 Å². The van der Waals surface area contributed by atoms with Gasteiger partial charge in [-0.05, 0) is 11.3 Å². The monoisotopic (exact) mass is 294 g/mol. The van der Waals surface area contributed by atoms with Crippen molar-refractivity contribution in [2.75, 3.05) is 0 Å². The van der Waals surface area contributed by atoms with Crippen molar-refractivity contribution in [3.8, 4) is 22.8 Å². The molecule has 0 saturated carbocycles. The Bertz CT molecular complexity index is 866. The third-order valence-corrected chi connectivity index (χ3v) is 3.00. The minimum Gasteiger partial charge on any atom is -0.472 e. The lowest BCUT2D eigenvalue weighted by Crippen LogP contribution is -2.05. The highest BCUT2D eigenvalue weighted by Crippen LogP contribution is 2.17. The molecule has 0 aliphatic rings. The predicted octanol–water partition coefficient (Wildman–Crippen LogP) is 2.03. The number of tetrazole rings is 1. The molecule has 0 unspecified atom stereocenters. The number of nitrogens with zero attached hydrogens (tertiary/aromatic N) is 6. The average Bonchev–Trinajstić information content (AvgIpc) is 3.30. The average molecular weight is 294 g/mol. The Morgan fingerprint density at radius 2 is 1.95 bits per heavy atom. The highest BCUT2D eigenvalue weighted by molar-refractivity contribution is 5.53. The van der Waals surface area contributed by atoms with E-state index in [0.717, 1.165) is 11.1 Å². The molecule has 0 aliphatic heterocycles. The minimum atomic E-state index is 0.279. The van der Waals surface area contributed by atoms with Crippen LogP contribution >= 0.6 is 0 Å². The van der Waals surface area contributed by atoms with Crippen molar-refractivity contribution in [2.45, 2.75) is 6.54 Å². The van der Waals surface area contributed by atoms with Gasteiger partial charge >= 0.3 is 0 Å². The molecule has 0 N–H and O–H groups in total. The Balaban J connectivity index is 1.54. The van der Waals surface area contributed by atoms with Gasteiger partial charge in [0, 0.05) is 5.56 Å². The summed E-state index contributed by atoms with van der Waals surface area (Å²) in [7, 11) is 0. The van der Waals surface area contributed by atoms with E-state index in [4.69, 9.17) is 8.94 Å². The number of benzene rings is 1. The molecular weight excluding hydrogens is 284 g/mol. The van der Waals surface area contributed by atoms with Crippen LogP contribution in [-0.2, 0) is 6.54 Å². The van der Waals surface area contributed by atoms with Gasteiger partial charge in [0.2, 0.25) is 5.82 Å². The van der Waals surface area contributed by atoms with E-state index in [1.54, 1.807) is 18.6 Å². The van der Waals surface area contributed by atoms with Gasteiger partial charge in [0.1, 0.15) is 12.8 Å². The summed E-state index contributed by atoms with van der Waals surface area (Å²) < 4.78 is 10.1. The van der Waals surface area contributed by atoms with Gasteiger partial charge in [-0.25, -0.2) is 0 Å². The van der Waals surface area contributed by atoms with Crippen molar-refractivity contribution >= 4 is 0 Å². The predicted molar refractivity (Wildman–Crippen MR) is 74.4 cm³/mol. The summed E-state index contributed by atoms with van der Waals surface area (Å²) in [5.41, 5.74) is 1.64. The van der Waals surface area contributed by atoms with Gasteiger partial charge in [-0.3, -0.25) is 0 Å². The fourth-order valence-corrected chi connectivity index (χ4v) is 1.96. The van der Waals surface area contributed by atoms with Gasteiger partial charge in [-0.1, -0.05) is 35.5 Å². The number of hydrogen-bond donors (Lipinski definition) is 0. The first kappa shape index (κ1) is 12.5. The third-order valence-electron chi connectivity index (χ3n) is 3.00. The van der Waals surface area contributed by atoms with Crippen LogP contribution in [0.25, 0.3) is 22.8 Å². The van der Waals surface area contributed by atoms with Gasteiger partial charge in [-0.15, -0.1) is 10.2 Å². The molecule has 108 valence electrons. The summed E-state index contributed by atoms with van der Waals surface area (Å²) in [6, 6.07) is 11.4. The van der Waals surface area contributed by atoms with Gasteiger partial charge in [-0.2, -0.15) is 9.78 Å². The summed E-state index contributed by atoms with van der Waals surface area (Å²) in [6.45, 7) is 0.279. The lowest BCUT2D eigenvalue weighted by Gasteiger charge is -1.92. The smallest absolute Gasteiger partial charge is 0.261 e. The summed E-state index contributed by atoms with van der Waals surface area (Å²) in [5.74, 6) is 1.42. The maximum Gasteiger partial charge on any atom is 0.261 e. The van der Waals surface area contributed by atoms with Gasteiger partial charge in [0.25, 0.3) is 5.89 Å². The molecule has 4 aromatic rings. The van der Waals surface area contributed by atoms with E-state index >= 15 is 0 Å². The first-order valence-corrected chi connectivity index (χ1v) is 6.57. The molecule has 0 bridgehead atoms. The summed E-state index contributed by atoms with van der Waals surface area (Å²) >= 11 is 0. The van der Waals surface area contributed by atoms with E-state index in [2.05, 4.69) is 25.6 Å². The molecule has 0 saturated heterocycles. The van der Waals surface area contributed by atoms with Crippen molar-refractivity contribution in [1.82, 2.24) is 30.3 Å². The summed E-state index contributed by atoms with van der Waals surface area (Å²) in [6.07, 6.45) is 3.09. The van der Waals surface area contributed by atoms with E-state index in [1.165, 1.54) is 4.80 Å². The topological polar surface area (TPSA) is 95.7 Å². The fourth-order valence-electron chi connectivity index (χ4n) is 1.96. The molecule has 8 nitrogen and oxygen atoms in total. The lowest BCUT2D eigenvalue weighted by atomic mass is 10.2. The molecule has 0 radical (unpaired) electrons. The van der Waals surface area contributed by atoms with Crippen molar-refractivity contribution in [2.24, 2.45) is 0 Å². The lowest BCUT2D eigenvalue weighted by molar-refractivity contribution is 0.414. The first-order chi connectivity index (χ1) is 10.9. The van der Waals surface area contributed by atoms with Crippen molar-refractivity contribution in [1.29, 1.82) is 0 Å². The van der Waals surface area contributed by atoms with Crippen LogP contribution in [-0.4, -0.2) is 30.3 Å². The molecule has 3 aromatic heterocycles. The Morgan fingerprint density at radius 3 is 2.77 bits per heavy atom. The Morgan fingerprint density at radius 1 is 1.05 bits per heavy atom. The quantitative estimate of drug-likeness (QED) is 0.568. The number of furan rings is 1. The maximum atomic E-state index is 5.16. The third kappa shape index (κ3) is 2.37. The summed E-state index contributed by atoms with van der Waals surface area (Å²) in [5, 5.41) is 16.2. The Labute approximate surface area is 124 Å². The number of hydrogen-bond acceptors (Lipinski definition) is 7. The van der Waals surface area contributed by atoms with Crippen LogP contribution in [0.15, 0.2) is 57.9 Å². The van der Waals surface area contributed by atoms with Gasteiger partial charge < -0.3 is 8.94 Å². The maximum absolute atomic E-state index is 5.16. The van der Waals surface area contributed by atoms with Crippen LogP contribution in [0, 0.1) is 0 Å². The van der Waals surface area contributed by atoms with Crippen LogP contribution in [0.2, 0.25) is 0 Å². The van der Waals surface area contributed by atoms with Crippen LogP contribution in [0.4, 0.5) is 0 Å². The number of aromatic nitrogens is 6. The molecule has 8 heteroatoms. The molecule has 1 aromatic carbocycles. The van der Waals surface area contributed by atoms with Crippen molar-refractivity contribution in [3.63, 3.8) is 0 Å². The molecule has 0 aliphatic carbocycles. The van der Waals surface area contributed by atoms with Gasteiger partial charge in [0.05, 0.1) is 11.8 Å². The molecule has 0 fully saturated rings. The fraction of sp³-hybridized carbons (Fsp3) is 0.0714.